The molecule has 0 bridgehead atoms. The molecule has 0 unspecified atom stereocenters. The first-order valence-electron chi connectivity index (χ1n) is 9.45. The number of rotatable bonds is 12. The van der Waals surface area contributed by atoms with E-state index in [1.54, 1.807) is 0 Å². The van der Waals surface area contributed by atoms with E-state index in [2.05, 4.69) is 25.9 Å². The summed E-state index contributed by atoms with van der Waals surface area (Å²) in [6.45, 7) is 4.49. The lowest BCUT2D eigenvalue weighted by Crippen LogP contribution is -2.18. The highest BCUT2D eigenvalue weighted by Gasteiger charge is 2.15. The molecule has 0 aliphatic heterocycles. The van der Waals surface area contributed by atoms with Gasteiger partial charge in [0.1, 0.15) is 5.82 Å². The van der Waals surface area contributed by atoms with Crippen LogP contribution >= 0.6 is 0 Å². The standard InChI is InChI=1S/C20H25F3N6O2/c1-12(2)31-7-6-25-9-13(8-24)28-20-27-11-16(22)19(29-20)26-10-14-15(21)4-5-17(30-3)18(14)23/h4-5,8-9,11-12,24-25H,6-7,10H2,1-3H3,(H2,26,27,28,29)/b13-9+,24-8?. The zero-order valence-corrected chi connectivity index (χ0v) is 17.4. The van der Waals surface area contributed by atoms with Gasteiger partial charge < -0.3 is 30.8 Å². The van der Waals surface area contributed by atoms with Crippen molar-refractivity contribution in [2.45, 2.75) is 26.5 Å². The van der Waals surface area contributed by atoms with Crippen LogP contribution in [0.15, 0.2) is 30.2 Å². The molecule has 1 aromatic heterocycles. The number of hydrogen-bond donors (Lipinski definition) is 4. The number of ether oxygens (including phenoxy) is 2. The third-order valence-electron chi connectivity index (χ3n) is 3.91. The Morgan fingerprint density at radius 1 is 1.23 bits per heavy atom. The lowest BCUT2D eigenvalue weighted by molar-refractivity contribution is 0.0824. The van der Waals surface area contributed by atoms with Gasteiger partial charge in [-0.2, -0.15) is 4.98 Å². The Morgan fingerprint density at radius 3 is 2.68 bits per heavy atom. The number of nitrogens with one attached hydrogen (secondary N) is 4. The van der Waals surface area contributed by atoms with Crippen LogP contribution in [0.3, 0.4) is 0 Å². The van der Waals surface area contributed by atoms with Gasteiger partial charge >= 0.3 is 0 Å². The molecule has 0 fully saturated rings. The fourth-order valence-electron chi connectivity index (χ4n) is 2.40. The summed E-state index contributed by atoms with van der Waals surface area (Å²) in [4.78, 5) is 7.77. The Labute approximate surface area is 178 Å². The van der Waals surface area contributed by atoms with Crippen LogP contribution in [0.4, 0.5) is 24.9 Å². The maximum absolute atomic E-state index is 14.3. The SMILES string of the molecule is COc1ccc(F)c(CNc2nc(N/C(C=N)=C/NCCOC(C)C)ncc2F)c1F. The van der Waals surface area contributed by atoms with Crippen LogP contribution in [0.1, 0.15) is 19.4 Å². The molecule has 2 aromatic rings. The Morgan fingerprint density at radius 2 is 2.00 bits per heavy atom. The lowest BCUT2D eigenvalue weighted by Gasteiger charge is -2.12. The number of benzene rings is 1. The van der Waals surface area contributed by atoms with Gasteiger partial charge in [0, 0.05) is 31.1 Å². The number of aromatic nitrogens is 2. The van der Waals surface area contributed by atoms with Crippen molar-refractivity contribution in [2.24, 2.45) is 0 Å². The van der Waals surface area contributed by atoms with Crippen LogP contribution in [0.25, 0.3) is 0 Å². The van der Waals surface area contributed by atoms with E-state index in [9.17, 15) is 13.2 Å². The van der Waals surface area contributed by atoms with E-state index in [1.807, 2.05) is 13.8 Å². The second-order valence-corrected chi connectivity index (χ2v) is 6.53. The highest BCUT2D eigenvalue weighted by molar-refractivity contribution is 5.79. The van der Waals surface area contributed by atoms with Crippen LogP contribution in [0, 0.1) is 22.9 Å². The molecule has 0 atom stereocenters. The predicted molar refractivity (Wildman–Crippen MR) is 112 cm³/mol. The Bertz CT molecular complexity index is 924. The van der Waals surface area contributed by atoms with Crippen molar-refractivity contribution >= 4 is 18.0 Å². The molecule has 4 N–H and O–H groups in total. The summed E-state index contributed by atoms with van der Waals surface area (Å²) in [6.07, 6.45) is 3.57. The first kappa shape index (κ1) is 23.9. The van der Waals surface area contributed by atoms with E-state index in [0.29, 0.717) is 18.8 Å². The van der Waals surface area contributed by atoms with E-state index < -0.39 is 17.5 Å². The third kappa shape index (κ3) is 7.14. The van der Waals surface area contributed by atoms with Gasteiger partial charge in [0.25, 0.3) is 0 Å². The molecule has 0 saturated heterocycles. The van der Waals surface area contributed by atoms with Crippen LogP contribution in [-0.2, 0) is 11.3 Å². The maximum atomic E-state index is 14.3. The minimum Gasteiger partial charge on any atom is -0.494 e. The van der Waals surface area contributed by atoms with E-state index in [0.717, 1.165) is 24.5 Å². The molecule has 0 saturated carbocycles. The van der Waals surface area contributed by atoms with Crippen LogP contribution in [0.5, 0.6) is 5.75 Å². The van der Waals surface area contributed by atoms with Crippen molar-refractivity contribution < 1.29 is 22.6 Å². The maximum Gasteiger partial charge on any atom is 0.229 e. The smallest absolute Gasteiger partial charge is 0.229 e. The predicted octanol–water partition coefficient (Wildman–Crippen LogP) is 3.43. The van der Waals surface area contributed by atoms with Gasteiger partial charge in [-0.3, -0.25) is 0 Å². The molecule has 31 heavy (non-hydrogen) atoms. The third-order valence-corrected chi connectivity index (χ3v) is 3.91. The van der Waals surface area contributed by atoms with Gasteiger partial charge in [-0.05, 0) is 26.0 Å². The monoisotopic (exact) mass is 438 g/mol. The highest BCUT2D eigenvalue weighted by Crippen LogP contribution is 2.24. The molecule has 1 heterocycles. The topological polar surface area (TPSA) is 104 Å². The summed E-state index contributed by atoms with van der Waals surface area (Å²) in [5.74, 6) is -2.90. The summed E-state index contributed by atoms with van der Waals surface area (Å²) >= 11 is 0. The minimum atomic E-state index is -0.885. The van der Waals surface area contributed by atoms with Crippen molar-refractivity contribution in [3.63, 3.8) is 0 Å². The second kappa shape index (κ2) is 11.7. The van der Waals surface area contributed by atoms with Crippen molar-refractivity contribution in [1.29, 1.82) is 5.41 Å². The Kier molecular flexibility index (Phi) is 9.07. The average Bonchev–Trinajstić information content (AvgIpc) is 2.74. The molecule has 0 amide bonds. The molecule has 168 valence electrons. The van der Waals surface area contributed by atoms with E-state index in [-0.39, 0.29) is 35.7 Å². The second-order valence-electron chi connectivity index (χ2n) is 6.53. The summed E-state index contributed by atoms with van der Waals surface area (Å²) < 4.78 is 52.5. The molecule has 8 nitrogen and oxygen atoms in total. The molecule has 0 aliphatic carbocycles. The van der Waals surface area contributed by atoms with Gasteiger partial charge in [0.15, 0.2) is 23.2 Å². The molecular formula is C20H25F3N6O2. The quantitative estimate of drug-likeness (QED) is 0.297. The van der Waals surface area contributed by atoms with Gasteiger partial charge in [-0.1, -0.05) is 0 Å². The van der Waals surface area contributed by atoms with E-state index >= 15 is 0 Å². The Balaban J connectivity index is 2.05. The number of nitrogens with zero attached hydrogens (tertiary/aromatic N) is 2. The van der Waals surface area contributed by atoms with Crippen molar-refractivity contribution in [3.05, 3.63) is 53.2 Å². The Hall–Kier alpha value is -3.34. The zero-order chi connectivity index (χ0) is 22.8. The number of halogens is 3. The van der Waals surface area contributed by atoms with Gasteiger partial charge in [0.05, 0.1) is 31.7 Å². The molecule has 0 radical (unpaired) electrons. The number of allylic oxidation sites excluding steroid dienone is 1. The number of anilines is 2. The van der Waals surface area contributed by atoms with Crippen LogP contribution in [-0.4, -0.2) is 42.5 Å². The molecule has 0 spiro atoms. The molecule has 11 heteroatoms. The van der Waals surface area contributed by atoms with Crippen molar-refractivity contribution in [1.82, 2.24) is 15.3 Å². The minimum absolute atomic E-state index is 0.00883. The fraction of sp³-hybridized carbons (Fsp3) is 0.350. The van der Waals surface area contributed by atoms with Crippen molar-refractivity contribution in [3.8, 4) is 5.75 Å². The largest absolute Gasteiger partial charge is 0.494 e. The zero-order valence-electron chi connectivity index (χ0n) is 17.4. The van der Waals surface area contributed by atoms with E-state index in [4.69, 9.17) is 14.9 Å². The summed E-state index contributed by atoms with van der Waals surface area (Å²) in [5.41, 5.74) is -0.00764. The summed E-state index contributed by atoms with van der Waals surface area (Å²) in [6, 6.07) is 2.22. The van der Waals surface area contributed by atoms with Gasteiger partial charge in [-0.15, -0.1) is 0 Å². The first-order chi connectivity index (χ1) is 14.8. The lowest BCUT2D eigenvalue weighted by atomic mass is 10.2. The first-order valence-corrected chi connectivity index (χ1v) is 9.45. The molecular weight excluding hydrogens is 413 g/mol. The molecule has 2 rings (SSSR count). The summed E-state index contributed by atoms with van der Waals surface area (Å²) in [7, 11) is 1.26. The van der Waals surface area contributed by atoms with Crippen LogP contribution in [0.2, 0.25) is 0 Å². The van der Waals surface area contributed by atoms with E-state index in [1.165, 1.54) is 13.3 Å². The van der Waals surface area contributed by atoms with Crippen LogP contribution < -0.4 is 20.7 Å². The molecule has 1 aromatic carbocycles. The fourth-order valence-corrected chi connectivity index (χ4v) is 2.40. The van der Waals surface area contributed by atoms with Crippen molar-refractivity contribution in [2.75, 3.05) is 30.9 Å². The molecule has 0 aliphatic rings. The summed E-state index contributed by atoms with van der Waals surface area (Å²) in [5, 5.41) is 15.7. The van der Waals surface area contributed by atoms with Gasteiger partial charge in [-0.25, -0.2) is 18.2 Å². The van der Waals surface area contributed by atoms with Gasteiger partial charge in [0.2, 0.25) is 5.95 Å². The highest BCUT2D eigenvalue weighted by atomic mass is 19.1. The number of hydrogen-bond acceptors (Lipinski definition) is 8. The number of methoxy groups -OCH3 is 1. The average molecular weight is 438 g/mol. The normalized spacial score (nSPS) is 11.4.